The number of fused-ring (bicyclic) bond motifs is 1. The number of para-hydroxylation sites is 1. The molecule has 23 heavy (non-hydrogen) atoms. The van der Waals surface area contributed by atoms with Crippen molar-refractivity contribution in [1.82, 2.24) is 9.97 Å². The van der Waals surface area contributed by atoms with Gasteiger partial charge in [-0.05, 0) is 39.0 Å². The summed E-state index contributed by atoms with van der Waals surface area (Å²) < 4.78 is 5.47. The Kier molecular flexibility index (Phi) is 3.69. The summed E-state index contributed by atoms with van der Waals surface area (Å²) in [6, 6.07) is 8.93. The molecule has 6 heteroatoms. The minimum absolute atomic E-state index is 0.189. The predicted octanol–water partition coefficient (Wildman–Crippen LogP) is 2.45. The summed E-state index contributed by atoms with van der Waals surface area (Å²) in [7, 11) is 0. The number of aryl methyl sites for hydroxylation is 2. The van der Waals surface area contributed by atoms with Gasteiger partial charge in [0.15, 0.2) is 0 Å². The summed E-state index contributed by atoms with van der Waals surface area (Å²) >= 11 is 0. The third-order valence-electron chi connectivity index (χ3n) is 3.83. The minimum atomic E-state index is -1.15. The van der Waals surface area contributed by atoms with Gasteiger partial charge in [-0.2, -0.15) is 0 Å². The fraction of sp³-hybridized carbons (Fsp3) is 0.294. The first kappa shape index (κ1) is 15.3. The molecule has 2 heterocycles. The van der Waals surface area contributed by atoms with Crippen molar-refractivity contribution in [3.63, 3.8) is 0 Å². The van der Waals surface area contributed by atoms with Gasteiger partial charge in [0.05, 0.1) is 17.4 Å². The maximum absolute atomic E-state index is 12.0. The average molecular weight is 313 g/mol. The SMILES string of the molecule is Cc1cc([C@@](C)(O)CNc2nc3ccccc3c(=O)[nH]2)c(C)o1. The van der Waals surface area contributed by atoms with E-state index in [2.05, 4.69) is 15.3 Å². The molecule has 2 aromatic heterocycles. The van der Waals surface area contributed by atoms with E-state index < -0.39 is 5.60 Å². The Bertz CT molecular complexity index is 909. The van der Waals surface area contributed by atoms with E-state index in [-0.39, 0.29) is 12.1 Å². The van der Waals surface area contributed by atoms with Crippen LogP contribution in [-0.4, -0.2) is 21.6 Å². The van der Waals surface area contributed by atoms with Crippen LogP contribution in [0.5, 0.6) is 0 Å². The maximum atomic E-state index is 12.0. The van der Waals surface area contributed by atoms with E-state index in [1.54, 1.807) is 25.1 Å². The summed E-state index contributed by atoms with van der Waals surface area (Å²) in [5.74, 6) is 1.75. The van der Waals surface area contributed by atoms with E-state index in [4.69, 9.17) is 4.42 Å². The van der Waals surface area contributed by atoms with E-state index in [0.29, 0.717) is 28.2 Å². The average Bonchev–Trinajstić information content (AvgIpc) is 2.85. The number of hydrogen-bond donors (Lipinski definition) is 3. The summed E-state index contributed by atoms with van der Waals surface area (Å²) in [6.07, 6.45) is 0. The lowest BCUT2D eigenvalue weighted by atomic mass is 9.96. The van der Waals surface area contributed by atoms with Gasteiger partial charge in [0.1, 0.15) is 17.1 Å². The molecular weight excluding hydrogens is 294 g/mol. The third-order valence-corrected chi connectivity index (χ3v) is 3.83. The highest BCUT2D eigenvalue weighted by molar-refractivity contribution is 5.78. The molecule has 0 aliphatic rings. The number of benzene rings is 1. The molecule has 120 valence electrons. The number of aromatic amines is 1. The second-order valence-electron chi connectivity index (χ2n) is 5.89. The lowest BCUT2D eigenvalue weighted by Crippen LogP contribution is -2.32. The molecular formula is C17H19N3O3. The van der Waals surface area contributed by atoms with Crippen molar-refractivity contribution >= 4 is 16.9 Å². The molecule has 1 aromatic carbocycles. The van der Waals surface area contributed by atoms with Gasteiger partial charge in [-0.3, -0.25) is 9.78 Å². The number of H-pyrrole nitrogens is 1. The van der Waals surface area contributed by atoms with Crippen molar-refractivity contribution in [3.8, 4) is 0 Å². The fourth-order valence-corrected chi connectivity index (χ4v) is 2.69. The molecule has 0 aliphatic carbocycles. The van der Waals surface area contributed by atoms with Gasteiger partial charge in [0, 0.05) is 5.56 Å². The first-order valence-electron chi connectivity index (χ1n) is 7.40. The van der Waals surface area contributed by atoms with E-state index in [1.807, 2.05) is 26.0 Å². The molecule has 3 rings (SSSR count). The van der Waals surface area contributed by atoms with Gasteiger partial charge in [-0.1, -0.05) is 12.1 Å². The highest BCUT2D eigenvalue weighted by Gasteiger charge is 2.27. The molecule has 0 amide bonds. The topological polar surface area (TPSA) is 91.1 Å². The number of aromatic nitrogens is 2. The Morgan fingerprint density at radius 3 is 2.78 bits per heavy atom. The smallest absolute Gasteiger partial charge is 0.260 e. The van der Waals surface area contributed by atoms with E-state index in [1.165, 1.54) is 0 Å². The van der Waals surface area contributed by atoms with Crippen LogP contribution in [0.1, 0.15) is 24.0 Å². The minimum Gasteiger partial charge on any atom is -0.466 e. The van der Waals surface area contributed by atoms with E-state index in [9.17, 15) is 9.90 Å². The molecule has 0 aliphatic heterocycles. The Morgan fingerprint density at radius 1 is 1.35 bits per heavy atom. The van der Waals surface area contributed by atoms with Crippen LogP contribution in [0.15, 0.2) is 39.5 Å². The molecule has 0 fully saturated rings. The number of nitrogens with one attached hydrogen (secondary N) is 2. The highest BCUT2D eigenvalue weighted by Crippen LogP contribution is 2.27. The molecule has 0 radical (unpaired) electrons. The molecule has 0 bridgehead atoms. The molecule has 0 saturated carbocycles. The summed E-state index contributed by atoms with van der Waals surface area (Å²) in [6.45, 7) is 5.53. The van der Waals surface area contributed by atoms with Gasteiger partial charge >= 0.3 is 0 Å². The monoisotopic (exact) mass is 313 g/mol. The van der Waals surface area contributed by atoms with Crippen LogP contribution in [0.4, 0.5) is 5.95 Å². The van der Waals surface area contributed by atoms with Crippen LogP contribution in [0.3, 0.4) is 0 Å². The number of nitrogens with zero attached hydrogens (tertiary/aromatic N) is 1. The van der Waals surface area contributed by atoms with E-state index >= 15 is 0 Å². The number of furan rings is 1. The largest absolute Gasteiger partial charge is 0.466 e. The molecule has 1 atom stereocenters. The van der Waals surface area contributed by atoms with Crippen LogP contribution in [0, 0.1) is 13.8 Å². The van der Waals surface area contributed by atoms with Crippen LogP contribution >= 0.6 is 0 Å². The van der Waals surface area contributed by atoms with Gasteiger partial charge in [-0.25, -0.2) is 4.98 Å². The molecule has 0 saturated heterocycles. The zero-order valence-corrected chi connectivity index (χ0v) is 13.3. The van der Waals surface area contributed by atoms with Crippen molar-refractivity contribution < 1.29 is 9.52 Å². The summed E-state index contributed by atoms with van der Waals surface area (Å²) in [5.41, 5.74) is -0.0427. The number of anilines is 1. The van der Waals surface area contributed by atoms with Crippen molar-refractivity contribution in [3.05, 3.63) is 57.8 Å². The first-order chi connectivity index (χ1) is 10.9. The summed E-state index contributed by atoms with van der Waals surface area (Å²) in [4.78, 5) is 19.1. The van der Waals surface area contributed by atoms with Crippen molar-refractivity contribution in [1.29, 1.82) is 0 Å². The molecule has 0 spiro atoms. The second-order valence-corrected chi connectivity index (χ2v) is 5.89. The number of hydrogen-bond acceptors (Lipinski definition) is 5. The first-order valence-corrected chi connectivity index (χ1v) is 7.40. The van der Waals surface area contributed by atoms with Crippen LogP contribution in [0.2, 0.25) is 0 Å². The van der Waals surface area contributed by atoms with Crippen molar-refractivity contribution in [2.45, 2.75) is 26.4 Å². The maximum Gasteiger partial charge on any atom is 0.260 e. The van der Waals surface area contributed by atoms with Crippen molar-refractivity contribution in [2.75, 3.05) is 11.9 Å². The Labute approximate surface area is 133 Å². The standard InChI is InChI=1S/C17H19N3O3/c1-10-8-13(11(2)23-10)17(3,22)9-18-16-19-14-7-5-4-6-12(14)15(21)20-16/h4-8,22H,9H2,1-3H3,(H2,18,19,20,21)/t17-/m0/s1. The second kappa shape index (κ2) is 5.55. The number of rotatable bonds is 4. The van der Waals surface area contributed by atoms with Gasteiger partial charge in [-0.15, -0.1) is 0 Å². The zero-order valence-electron chi connectivity index (χ0n) is 13.3. The summed E-state index contributed by atoms with van der Waals surface area (Å²) in [5, 5.41) is 14.2. The Balaban J connectivity index is 1.85. The Hall–Kier alpha value is -2.60. The molecule has 3 aromatic rings. The van der Waals surface area contributed by atoms with Crippen molar-refractivity contribution in [2.24, 2.45) is 0 Å². The predicted molar refractivity (Wildman–Crippen MR) is 88.6 cm³/mol. The van der Waals surface area contributed by atoms with Gasteiger partial charge < -0.3 is 14.8 Å². The lowest BCUT2D eigenvalue weighted by Gasteiger charge is -2.23. The lowest BCUT2D eigenvalue weighted by molar-refractivity contribution is 0.0697. The zero-order chi connectivity index (χ0) is 16.6. The highest BCUT2D eigenvalue weighted by atomic mass is 16.3. The Morgan fingerprint density at radius 2 is 2.09 bits per heavy atom. The van der Waals surface area contributed by atoms with Gasteiger partial charge in [0.25, 0.3) is 5.56 Å². The van der Waals surface area contributed by atoms with Crippen LogP contribution in [0.25, 0.3) is 10.9 Å². The quantitative estimate of drug-likeness (QED) is 0.688. The molecule has 6 nitrogen and oxygen atoms in total. The van der Waals surface area contributed by atoms with E-state index in [0.717, 1.165) is 5.76 Å². The van der Waals surface area contributed by atoms with Gasteiger partial charge in [0.2, 0.25) is 5.95 Å². The molecule has 3 N–H and O–H groups in total. The fourth-order valence-electron chi connectivity index (χ4n) is 2.69. The number of aliphatic hydroxyl groups is 1. The normalized spacial score (nSPS) is 13.9. The molecule has 0 unspecified atom stereocenters. The van der Waals surface area contributed by atoms with Crippen LogP contribution in [-0.2, 0) is 5.60 Å². The van der Waals surface area contributed by atoms with Crippen LogP contribution < -0.4 is 10.9 Å². The third kappa shape index (κ3) is 2.98.